The Kier molecular flexibility index (Phi) is 3.49. The maximum atomic E-state index is 13.2. The predicted octanol–water partition coefficient (Wildman–Crippen LogP) is 3.25. The Labute approximate surface area is 99.8 Å². The lowest BCUT2D eigenvalue weighted by molar-refractivity contribution is 0.246. The molecule has 0 aromatic heterocycles. The molecule has 2 nitrogen and oxygen atoms in total. The van der Waals surface area contributed by atoms with E-state index < -0.39 is 6.10 Å². The first-order valence-electron chi connectivity index (χ1n) is 5.54. The summed E-state index contributed by atoms with van der Waals surface area (Å²) in [5, 5.41) is 10.2. The lowest BCUT2D eigenvalue weighted by Crippen LogP contribution is -2.11. The van der Waals surface area contributed by atoms with Crippen molar-refractivity contribution in [1.82, 2.24) is 0 Å². The van der Waals surface area contributed by atoms with Crippen molar-refractivity contribution in [2.45, 2.75) is 19.4 Å². The Hall–Kier alpha value is -1.74. The zero-order chi connectivity index (χ0) is 12.3. The van der Waals surface area contributed by atoms with Crippen LogP contribution in [-0.2, 0) is 0 Å². The quantitative estimate of drug-likeness (QED) is 0.851. The molecular formula is C14H14FNO. The molecule has 3 heteroatoms. The van der Waals surface area contributed by atoms with Gasteiger partial charge in [0.05, 0.1) is 5.71 Å². The van der Waals surface area contributed by atoms with Gasteiger partial charge in [-0.3, -0.25) is 4.99 Å². The van der Waals surface area contributed by atoms with Crippen molar-refractivity contribution in [2.75, 3.05) is 0 Å². The summed E-state index contributed by atoms with van der Waals surface area (Å²) in [7, 11) is 0. The Morgan fingerprint density at radius 3 is 2.94 bits per heavy atom. The van der Waals surface area contributed by atoms with Gasteiger partial charge in [-0.05, 0) is 30.2 Å². The van der Waals surface area contributed by atoms with Gasteiger partial charge in [-0.1, -0.05) is 24.3 Å². The second kappa shape index (κ2) is 5.06. The van der Waals surface area contributed by atoms with E-state index in [1.54, 1.807) is 18.3 Å². The molecule has 1 aliphatic rings. The third kappa shape index (κ3) is 2.50. The smallest absolute Gasteiger partial charge is 0.123 e. The monoisotopic (exact) mass is 231 g/mol. The number of hydrogen-bond acceptors (Lipinski definition) is 2. The normalized spacial score (nSPS) is 16.5. The van der Waals surface area contributed by atoms with E-state index in [0.717, 1.165) is 0 Å². The summed E-state index contributed by atoms with van der Waals surface area (Å²) in [4.78, 5) is 4.10. The van der Waals surface area contributed by atoms with Gasteiger partial charge in [0.15, 0.2) is 0 Å². The van der Waals surface area contributed by atoms with Crippen LogP contribution in [0.15, 0.2) is 41.5 Å². The highest BCUT2D eigenvalue weighted by molar-refractivity contribution is 5.93. The Bertz CT molecular complexity index is 503. The van der Waals surface area contributed by atoms with E-state index in [-0.39, 0.29) is 5.82 Å². The first kappa shape index (κ1) is 11.7. The van der Waals surface area contributed by atoms with Gasteiger partial charge in [-0.25, -0.2) is 4.39 Å². The van der Waals surface area contributed by atoms with Crippen molar-refractivity contribution in [3.05, 3.63) is 53.5 Å². The summed E-state index contributed by atoms with van der Waals surface area (Å²) in [5.41, 5.74) is 2.07. The van der Waals surface area contributed by atoms with Crippen molar-refractivity contribution >= 4 is 11.8 Å². The largest absolute Gasteiger partial charge is 0.382 e. The van der Waals surface area contributed by atoms with Crippen LogP contribution < -0.4 is 0 Å². The second-order valence-corrected chi connectivity index (χ2v) is 3.89. The van der Waals surface area contributed by atoms with Crippen molar-refractivity contribution in [3.63, 3.8) is 0 Å². The van der Waals surface area contributed by atoms with Gasteiger partial charge in [0, 0.05) is 12.6 Å². The van der Waals surface area contributed by atoms with Crippen molar-refractivity contribution in [3.8, 4) is 0 Å². The van der Waals surface area contributed by atoms with E-state index in [0.29, 0.717) is 23.3 Å². The molecule has 88 valence electrons. The van der Waals surface area contributed by atoms with E-state index in [1.807, 2.05) is 19.1 Å². The standard InChI is InChI=1S/C14H14FNO/c1-2-4-10-9-11(15)6-7-12(10)14(17)13-5-3-8-16-13/h2-4,6-9,14,17H,5H2,1H3/b4-2+. The van der Waals surface area contributed by atoms with Crippen LogP contribution >= 0.6 is 0 Å². The molecule has 1 atom stereocenters. The van der Waals surface area contributed by atoms with E-state index >= 15 is 0 Å². The van der Waals surface area contributed by atoms with Gasteiger partial charge < -0.3 is 5.11 Å². The maximum Gasteiger partial charge on any atom is 0.123 e. The minimum atomic E-state index is -0.767. The molecule has 1 heterocycles. The molecule has 1 unspecified atom stereocenters. The van der Waals surface area contributed by atoms with Crippen LogP contribution in [0.3, 0.4) is 0 Å². The van der Waals surface area contributed by atoms with E-state index in [1.165, 1.54) is 12.1 Å². The summed E-state index contributed by atoms with van der Waals surface area (Å²) < 4.78 is 13.2. The fraction of sp³-hybridized carbons (Fsp3) is 0.214. The minimum Gasteiger partial charge on any atom is -0.382 e. The van der Waals surface area contributed by atoms with Crippen molar-refractivity contribution in [1.29, 1.82) is 0 Å². The number of allylic oxidation sites excluding steroid dienone is 2. The first-order chi connectivity index (χ1) is 8.22. The van der Waals surface area contributed by atoms with Crippen LogP contribution in [0.1, 0.15) is 30.6 Å². The number of aliphatic imine (C=N–C) groups is 1. The van der Waals surface area contributed by atoms with Crippen LogP contribution in [0.4, 0.5) is 4.39 Å². The lowest BCUT2D eigenvalue weighted by Gasteiger charge is -2.14. The maximum absolute atomic E-state index is 13.2. The predicted molar refractivity (Wildman–Crippen MR) is 67.3 cm³/mol. The van der Waals surface area contributed by atoms with E-state index in [9.17, 15) is 9.50 Å². The van der Waals surface area contributed by atoms with Gasteiger partial charge in [0.1, 0.15) is 11.9 Å². The SMILES string of the molecule is C/C=C/c1cc(F)ccc1C(O)C1=NC=CC1. The molecule has 0 bridgehead atoms. The average Bonchev–Trinajstić information content (AvgIpc) is 2.82. The molecule has 0 saturated carbocycles. The van der Waals surface area contributed by atoms with E-state index in [4.69, 9.17) is 0 Å². The minimum absolute atomic E-state index is 0.305. The second-order valence-electron chi connectivity index (χ2n) is 3.89. The molecule has 1 aromatic carbocycles. The zero-order valence-corrected chi connectivity index (χ0v) is 9.60. The van der Waals surface area contributed by atoms with Gasteiger partial charge in [0.25, 0.3) is 0 Å². The fourth-order valence-corrected chi connectivity index (χ4v) is 1.85. The number of aliphatic hydroxyl groups is 1. The summed E-state index contributed by atoms with van der Waals surface area (Å²) >= 11 is 0. The third-order valence-corrected chi connectivity index (χ3v) is 2.68. The Balaban J connectivity index is 2.37. The van der Waals surface area contributed by atoms with Gasteiger partial charge in [-0.15, -0.1) is 0 Å². The molecule has 1 aromatic rings. The molecule has 1 aliphatic heterocycles. The highest BCUT2D eigenvalue weighted by Crippen LogP contribution is 2.24. The fourth-order valence-electron chi connectivity index (χ4n) is 1.85. The molecule has 2 rings (SSSR count). The highest BCUT2D eigenvalue weighted by atomic mass is 19.1. The number of halogens is 1. The molecule has 0 fully saturated rings. The molecule has 17 heavy (non-hydrogen) atoms. The first-order valence-corrected chi connectivity index (χ1v) is 5.54. The molecular weight excluding hydrogens is 217 g/mol. The Morgan fingerprint density at radius 1 is 1.47 bits per heavy atom. The molecule has 0 saturated heterocycles. The molecule has 0 radical (unpaired) electrons. The third-order valence-electron chi connectivity index (χ3n) is 2.68. The van der Waals surface area contributed by atoms with Gasteiger partial charge in [-0.2, -0.15) is 0 Å². The lowest BCUT2D eigenvalue weighted by atomic mass is 9.97. The summed E-state index contributed by atoms with van der Waals surface area (Å²) in [6.07, 6.45) is 7.05. The van der Waals surface area contributed by atoms with Crippen LogP contribution in [-0.4, -0.2) is 10.8 Å². The van der Waals surface area contributed by atoms with Crippen molar-refractivity contribution < 1.29 is 9.50 Å². The topological polar surface area (TPSA) is 32.6 Å². The van der Waals surface area contributed by atoms with E-state index in [2.05, 4.69) is 4.99 Å². The van der Waals surface area contributed by atoms with Gasteiger partial charge in [0.2, 0.25) is 0 Å². The molecule has 0 amide bonds. The summed E-state index contributed by atoms with van der Waals surface area (Å²) in [5.74, 6) is -0.305. The Morgan fingerprint density at radius 2 is 2.29 bits per heavy atom. The highest BCUT2D eigenvalue weighted by Gasteiger charge is 2.18. The number of nitrogens with zero attached hydrogens (tertiary/aromatic N) is 1. The molecule has 1 N–H and O–H groups in total. The van der Waals surface area contributed by atoms with Crippen LogP contribution in [0.5, 0.6) is 0 Å². The van der Waals surface area contributed by atoms with Gasteiger partial charge >= 0.3 is 0 Å². The number of aliphatic hydroxyl groups excluding tert-OH is 1. The molecule has 0 aliphatic carbocycles. The zero-order valence-electron chi connectivity index (χ0n) is 9.60. The van der Waals surface area contributed by atoms with Crippen LogP contribution in [0.25, 0.3) is 6.08 Å². The number of benzene rings is 1. The van der Waals surface area contributed by atoms with Crippen LogP contribution in [0, 0.1) is 5.82 Å². The number of hydrogen-bond donors (Lipinski definition) is 1. The summed E-state index contributed by atoms with van der Waals surface area (Å²) in [6.45, 7) is 1.86. The number of rotatable bonds is 3. The van der Waals surface area contributed by atoms with Crippen LogP contribution in [0.2, 0.25) is 0 Å². The summed E-state index contributed by atoms with van der Waals surface area (Å²) in [6, 6.07) is 4.38. The van der Waals surface area contributed by atoms with Crippen molar-refractivity contribution in [2.24, 2.45) is 4.99 Å². The average molecular weight is 231 g/mol. The molecule has 0 spiro atoms.